The van der Waals surface area contributed by atoms with E-state index in [-0.39, 0.29) is 5.91 Å². The first-order valence-electron chi connectivity index (χ1n) is 5.50. The molecule has 0 saturated heterocycles. The number of hydrogen-bond acceptors (Lipinski definition) is 4. The molecule has 0 aliphatic carbocycles. The number of amides is 1. The topological polar surface area (TPSA) is 80.0 Å². The van der Waals surface area contributed by atoms with Gasteiger partial charge in [-0.1, -0.05) is 6.07 Å². The lowest BCUT2D eigenvalue weighted by molar-refractivity contribution is 0.102. The third-order valence-corrected chi connectivity index (χ3v) is 2.54. The molecule has 5 heteroatoms. The van der Waals surface area contributed by atoms with Crippen LogP contribution in [0.5, 0.6) is 0 Å². The van der Waals surface area contributed by atoms with Gasteiger partial charge >= 0.3 is 0 Å². The number of nitrogen functional groups attached to an aromatic ring is 1. The molecule has 18 heavy (non-hydrogen) atoms. The molecule has 0 fully saturated rings. The van der Waals surface area contributed by atoms with Crippen LogP contribution in [0.2, 0.25) is 0 Å². The summed E-state index contributed by atoms with van der Waals surface area (Å²) in [5.74, 6) is 5.65. The van der Waals surface area contributed by atoms with Gasteiger partial charge in [-0.25, -0.2) is 4.98 Å². The predicted octanol–water partition coefficient (Wildman–Crippen LogP) is 1.93. The van der Waals surface area contributed by atoms with E-state index in [1.54, 1.807) is 30.5 Å². The van der Waals surface area contributed by atoms with E-state index < -0.39 is 0 Å². The molecule has 2 rings (SSSR count). The Kier molecular flexibility index (Phi) is 3.54. The van der Waals surface area contributed by atoms with Crippen LogP contribution in [-0.2, 0) is 0 Å². The number of nitrogens with zero attached hydrogens (tertiary/aromatic N) is 1. The van der Waals surface area contributed by atoms with E-state index in [1.807, 2.05) is 19.1 Å². The fraction of sp³-hybridized carbons (Fsp3) is 0.0769. The maximum atomic E-state index is 12.0. The number of rotatable bonds is 3. The molecule has 0 aliphatic heterocycles. The zero-order valence-corrected chi connectivity index (χ0v) is 9.97. The van der Waals surface area contributed by atoms with Crippen LogP contribution in [-0.4, -0.2) is 10.9 Å². The molecule has 4 N–H and O–H groups in total. The second kappa shape index (κ2) is 5.29. The van der Waals surface area contributed by atoms with Gasteiger partial charge in [-0.2, -0.15) is 0 Å². The van der Waals surface area contributed by atoms with Gasteiger partial charge in [0.05, 0.1) is 0 Å². The van der Waals surface area contributed by atoms with Crippen molar-refractivity contribution in [2.45, 2.75) is 6.92 Å². The highest BCUT2D eigenvalue weighted by Crippen LogP contribution is 2.15. The monoisotopic (exact) mass is 242 g/mol. The first-order chi connectivity index (χ1) is 8.70. The Morgan fingerprint density at radius 2 is 2.11 bits per heavy atom. The van der Waals surface area contributed by atoms with E-state index in [2.05, 4.69) is 15.7 Å². The minimum absolute atomic E-state index is 0.185. The second-order valence-electron chi connectivity index (χ2n) is 3.84. The normalized spacial score (nSPS) is 9.89. The summed E-state index contributed by atoms with van der Waals surface area (Å²) in [5.41, 5.74) is 4.75. The van der Waals surface area contributed by atoms with Gasteiger partial charge in [-0.15, -0.1) is 0 Å². The first kappa shape index (κ1) is 12.1. The Labute approximate surface area is 105 Å². The number of carbonyl (C=O) groups excluding carboxylic acids is 1. The molecule has 0 spiro atoms. The van der Waals surface area contributed by atoms with Crippen molar-refractivity contribution in [3.8, 4) is 0 Å². The summed E-state index contributed by atoms with van der Waals surface area (Å²) in [6, 6.07) is 10.6. The quantitative estimate of drug-likeness (QED) is 0.567. The maximum absolute atomic E-state index is 12.0. The Morgan fingerprint density at radius 3 is 2.72 bits per heavy atom. The van der Waals surface area contributed by atoms with Gasteiger partial charge in [0, 0.05) is 17.4 Å². The number of aromatic nitrogens is 1. The molecule has 0 saturated carbocycles. The van der Waals surface area contributed by atoms with E-state index in [0.717, 1.165) is 11.3 Å². The molecular formula is C13H14N4O. The number of nitrogens with one attached hydrogen (secondary N) is 2. The summed E-state index contributed by atoms with van der Waals surface area (Å²) in [7, 11) is 0. The summed E-state index contributed by atoms with van der Waals surface area (Å²) in [6.45, 7) is 1.86. The Balaban J connectivity index is 2.19. The van der Waals surface area contributed by atoms with Gasteiger partial charge in [-0.05, 0) is 42.8 Å². The average Bonchev–Trinajstić information content (AvgIpc) is 2.39. The van der Waals surface area contributed by atoms with Crippen molar-refractivity contribution >= 4 is 17.4 Å². The smallest absolute Gasteiger partial charge is 0.257 e. The van der Waals surface area contributed by atoms with Crippen molar-refractivity contribution in [1.29, 1.82) is 0 Å². The summed E-state index contributed by atoms with van der Waals surface area (Å²) < 4.78 is 0. The van der Waals surface area contributed by atoms with Crippen LogP contribution < -0.4 is 16.6 Å². The Hall–Kier alpha value is -2.40. The molecule has 5 nitrogen and oxygen atoms in total. The molecule has 1 aromatic carbocycles. The fourth-order valence-corrected chi connectivity index (χ4v) is 1.63. The number of hydrazine groups is 1. The molecule has 92 valence electrons. The first-order valence-corrected chi connectivity index (χ1v) is 5.50. The maximum Gasteiger partial charge on any atom is 0.257 e. The van der Waals surface area contributed by atoms with Crippen LogP contribution >= 0.6 is 0 Å². The van der Waals surface area contributed by atoms with Crippen LogP contribution in [0.15, 0.2) is 42.6 Å². The number of anilines is 2. The van der Waals surface area contributed by atoms with E-state index in [9.17, 15) is 4.79 Å². The van der Waals surface area contributed by atoms with Crippen molar-refractivity contribution in [2.75, 3.05) is 10.7 Å². The number of carbonyl (C=O) groups is 1. The lowest BCUT2D eigenvalue weighted by Gasteiger charge is -2.08. The van der Waals surface area contributed by atoms with Crippen molar-refractivity contribution in [3.63, 3.8) is 0 Å². The number of aryl methyl sites for hydroxylation is 1. The van der Waals surface area contributed by atoms with Gasteiger partial charge < -0.3 is 10.7 Å². The minimum atomic E-state index is -0.185. The van der Waals surface area contributed by atoms with Crippen LogP contribution in [0.4, 0.5) is 11.5 Å². The van der Waals surface area contributed by atoms with Crippen LogP contribution in [0.1, 0.15) is 15.9 Å². The molecule has 0 unspecified atom stereocenters. The lowest BCUT2D eigenvalue weighted by Crippen LogP contribution is -2.15. The van der Waals surface area contributed by atoms with Crippen LogP contribution in [0.3, 0.4) is 0 Å². The third kappa shape index (κ3) is 2.64. The molecule has 1 aromatic heterocycles. The summed E-state index contributed by atoms with van der Waals surface area (Å²) in [6.07, 6.45) is 1.63. The van der Waals surface area contributed by atoms with E-state index in [0.29, 0.717) is 11.4 Å². The van der Waals surface area contributed by atoms with Gasteiger partial charge in [-0.3, -0.25) is 10.6 Å². The molecule has 0 atom stereocenters. The summed E-state index contributed by atoms with van der Waals surface area (Å²) in [4.78, 5) is 16.1. The van der Waals surface area contributed by atoms with E-state index >= 15 is 0 Å². The number of nitrogens with two attached hydrogens (primary N) is 1. The van der Waals surface area contributed by atoms with Gasteiger partial charge in [0.2, 0.25) is 0 Å². The highest BCUT2D eigenvalue weighted by atomic mass is 16.1. The lowest BCUT2D eigenvalue weighted by atomic mass is 10.1. The Bertz CT molecular complexity index is 554. The zero-order chi connectivity index (χ0) is 13.0. The van der Waals surface area contributed by atoms with Gasteiger partial charge in [0.15, 0.2) is 0 Å². The van der Waals surface area contributed by atoms with Crippen molar-refractivity contribution < 1.29 is 4.79 Å². The number of hydrogen-bond donors (Lipinski definition) is 3. The van der Waals surface area contributed by atoms with Gasteiger partial charge in [0.1, 0.15) is 5.82 Å². The molecule has 2 aromatic rings. The molecule has 1 heterocycles. The summed E-state index contributed by atoms with van der Waals surface area (Å²) >= 11 is 0. The molecule has 0 aliphatic rings. The van der Waals surface area contributed by atoms with Crippen LogP contribution in [0, 0.1) is 6.92 Å². The highest BCUT2D eigenvalue weighted by molar-refractivity contribution is 6.05. The largest absolute Gasteiger partial charge is 0.324 e. The van der Waals surface area contributed by atoms with E-state index in [1.165, 1.54) is 0 Å². The third-order valence-electron chi connectivity index (χ3n) is 2.54. The Morgan fingerprint density at radius 1 is 1.28 bits per heavy atom. The fourth-order valence-electron chi connectivity index (χ4n) is 1.63. The second-order valence-corrected chi connectivity index (χ2v) is 3.84. The standard InChI is InChI=1S/C13H14N4O/c1-9-8-10(17-14)5-6-11(9)13(18)16-12-4-2-3-7-15-12/h2-8,17H,14H2,1H3,(H,15,16,18). The predicted molar refractivity (Wildman–Crippen MR) is 71.2 cm³/mol. The van der Waals surface area contributed by atoms with Crippen molar-refractivity contribution in [1.82, 2.24) is 4.98 Å². The number of pyridine rings is 1. The minimum Gasteiger partial charge on any atom is -0.324 e. The van der Waals surface area contributed by atoms with Crippen LogP contribution in [0.25, 0.3) is 0 Å². The highest BCUT2D eigenvalue weighted by Gasteiger charge is 2.09. The van der Waals surface area contributed by atoms with Crippen molar-refractivity contribution in [2.24, 2.45) is 5.84 Å². The molecule has 1 amide bonds. The van der Waals surface area contributed by atoms with Gasteiger partial charge in [0.25, 0.3) is 5.91 Å². The SMILES string of the molecule is Cc1cc(NN)ccc1C(=O)Nc1ccccn1. The van der Waals surface area contributed by atoms with E-state index in [4.69, 9.17) is 5.84 Å². The molecule has 0 bridgehead atoms. The molecular weight excluding hydrogens is 228 g/mol. The average molecular weight is 242 g/mol. The molecule has 0 radical (unpaired) electrons. The number of benzene rings is 1. The zero-order valence-electron chi connectivity index (χ0n) is 9.97. The summed E-state index contributed by atoms with van der Waals surface area (Å²) in [5, 5.41) is 2.73. The van der Waals surface area contributed by atoms with Crippen molar-refractivity contribution in [3.05, 3.63) is 53.7 Å².